The van der Waals surface area contributed by atoms with E-state index in [2.05, 4.69) is 0 Å². The molecule has 0 radical (unpaired) electrons. The molecule has 1 aliphatic heterocycles. The van der Waals surface area contributed by atoms with Gasteiger partial charge in [0.2, 0.25) is 10.0 Å². The standard InChI is InChI=1S/C12H17FN2O3S/c1-8-5-9(14)6-11(12(8)13)19(16,17)15(2)10-3-4-18-7-10/h5-6,10H,3-4,7,14H2,1-2H3. The van der Waals surface area contributed by atoms with Gasteiger partial charge in [-0.1, -0.05) is 0 Å². The Morgan fingerprint density at radius 2 is 2.16 bits per heavy atom. The molecule has 1 atom stereocenters. The maximum absolute atomic E-state index is 14.0. The molecule has 5 nitrogen and oxygen atoms in total. The Bertz CT molecular complexity index is 583. The van der Waals surface area contributed by atoms with E-state index in [9.17, 15) is 12.8 Å². The summed E-state index contributed by atoms with van der Waals surface area (Å²) in [5, 5.41) is 0. The van der Waals surface area contributed by atoms with Gasteiger partial charge >= 0.3 is 0 Å². The molecular weight excluding hydrogens is 271 g/mol. The van der Waals surface area contributed by atoms with Gasteiger partial charge in [-0.15, -0.1) is 0 Å². The smallest absolute Gasteiger partial charge is 0.246 e. The molecule has 1 fully saturated rings. The summed E-state index contributed by atoms with van der Waals surface area (Å²) in [5.41, 5.74) is 6.05. The van der Waals surface area contributed by atoms with Crippen molar-refractivity contribution >= 4 is 15.7 Å². The van der Waals surface area contributed by atoms with Gasteiger partial charge in [0.05, 0.1) is 12.6 Å². The molecule has 1 aliphatic rings. The van der Waals surface area contributed by atoms with E-state index in [1.807, 2.05) is 0 Å². The fourth-order valence-electron chi connectivity index (χ4n) is 2.11. The number of rotatable bonds is 3. The maximum atomic E-state index is 14.0. The van der Waals surface area contributed by atoms with E-state index in [4.69, 9.17) is 10.5 Å². The second-order valence-electron chi connectivity index (χ2n) is 4.69. The summed E-state index contributed by atoms with van der Waals surface area (Å²) in [5.74, 6) is -0.750. The Balaban J connectivity index is 2.44. The van der Waals surface area contributed by atoms with Crippen molar-refractivity contribution in [1.82, 2.24) is 4.31 Å². The first-order valence-corrected chi connectivity index (χ1v) is 7.39. The lowest BCUT2D eigenvalue weighted by molar-refractivity contribution is 0.180. The number of nitrogens with two attached hydrogens (primary N) is 1. The van der Waals surface area contributed by atoms with Crippen molar-refractivity contribution in [2.45, 2.75) is 24.3 Å². The van der Waals surface area contributed by atoms with Crippen LogP contribution in [0.2, 0.25) is 0 Å². The van der Waals surface area contributed by atoms with E-state index < -0.39 is 15.8 Å². The van der Waals surface area contributed by atoms with Gasteiger partial charge in [0, 0.05) is 19.3 Å². The number of hydrogen-bond acceptors (Lipinski definition) is 4. The van der Waals surface area contributed by atoms with Gasteiger partial charge in [-0.3, -0.25) is 0 Å². The van der Waals surface area contributed by atoms with Crippen LogP contribution in [-0.2, 0) is 14.8 Å². The molecule has 1 saturated heterocycles. The van der Waals surface area contributed by atoms with Crippen LogP contribution in [0.25, 0.3) is 0 Å². The number of benzene rings is 1. The van der Waals surface area contributed by atoms with Crippen molar-refractivity contribution < 1.29 is 17.5 Å². The van der Waals surface area contributed by atoms with E-state index in [0.717, 1.165) is 10.4 Å². The van der Waals surface area contributed by atoms with Crippen LogP contribution in [0.3, 0.4) is 0 Å². The molecule has 7 heteroatoms. The molecular formula is C12H17FN2O3S. The third kappa shape index (κ3) is 2.58. The molecule has 1 unspecified atom stereocenters. The monoisotopic (exact) mass is 288 g/mol. The number of nitrogens with zero attached hydrogens (tertiary/aromatic N) is 1. The third-order valence-electron chi connectivity index (χ3n) is 3.32. The first-order chi connectivity index (χ1) is 8.84. The molecule has 0 saturated carbocycles. The Labute approximate surface area is 112 Å². The van der Waals surface area contributed by atoms with Gasteiger partial charge in [0.1, 0.15) is 10.7 Å². The zero-order chi connectivity index (χ0) is 14.2. The molecule has 2 rings (SSSR count). The average Bonchev–Trinajstić information content (AvgIpc) is 2.86. The Hall–Kier alpha value is -1.18. The van der Waals surface area contributed by atoms with Crippen molar-refractivity contribution in [3.8, 4) is 0 Å². The molecule has 19 heavy (non-hydrogen) atoms. The predicted octanol–water partition coefficient (Wildman–Crippen LogP) is 1.13. The number of ether oxygens (including phenoxy) is 1. The van der Waals surface area contributed by atoms with Gasteiger partial charge in [0.25, 0.3) is 0 Å². The van der Waals surface area contributed by atoms with Crippen LogP contribution >= 0.6 is 0 Å². The predicted molar refractivity (Wildman–Crippen MR) is 69.7 cm³/mol. The molecule has 0 amide bonds. The van der Waals surface area contributed by atoms with Crippen molar-refractivity contribution in [1.29, 1.82) is 0 Å². The fraction of sp³-hybridized carbons (Fsp3) is 0.500. The zero-order valence-corrected chi connectivity index (χ0v) is 11.7. The molecule has 1 heterocycles. The summed E-state index contributed by atoms with van der Waals surface area (Å²) in [7, 11) is -2.46. The minimum Gasteiger partial charge on any atom is -0.399 e. The van der Waals surface area contributed by atoms with Crippen LogP contribution in [0.1, 0.15) is 12.0 Å². The molecule has 0 spiro atoms. The van der Waals surface area contributed by atoms with E-state index in [1.54, 1.807) is 0 Å². The van der Waals surface area contributed by atoms with Crippen LogP contribution in [0.4, 0.5) is 10.1 Å². The first-order valence-electron chi connectivity index (χ1n) is 5.95. The van der Waals surface area contributed by atoms with Crippen LogP contribution < -0.4 is 5.73 Å². The maximum Gasteiger partial charge on any atom is 0.246 e. The molecule has 0 aliphatic carbocycles. The van der Waals surface area contributed by atoms with Crippen LogP contribution in [0.15, 0.2) is 17.0 Å². The Morgan fingerprint density at radius 1 is 1.47 bits per heavy atom. The van der Waals surface area contributed by atoms with Crippen LogP contribution in [0.5, 0.6) is 0 Å². The minimum absolute atomic E-state index is 0.217. The van der Waals surface area contributed by atoms with Crippen molar-refractivity contribution in [3.05, 3.63) is 23.5 Å². The quantitative estimate of drug-likeness (QED) is 0.846. The summed E-state index contributed by atoms with van der Waals surface area (Å²) < 4.78 is 45.2. The number of nitrogen functional groups attached to an aromatic ring is 1. The summed E-state index contributed by atoms with van der Waals surface area (Å²) in [6.07, 6.45) is 0.610. The Morgan fingerprint density at radius 3 is 2.74 bits per heavy atom. The third-order valence-corrected chi connectivity index (χ3v) is 5.23. The van der Waals surface area contributed by atoms with Crippen molar-refractivity contribution in [3.63, 3.8) is 0 Å². The van der Waals surface area contributed by atoms with Gasteiger partial charge in [-0.05, 0) is 31.0 Å². The molecule has 0 aromatic heterocycles. The summed E-state index contributed by atoms with van der Waals surface area (Å²) >= 11 is 0. The lowest BCUT2D eigenvalue weighted by Gasteiger charge is -2.23. The van der Waals surface area contributed by atoms with Crippen molar-refractivity contribution in [2.75, 3.05) is 26.0 Å². The number of likely N-dealkylation sites (N-methyl/N-ethyl adjacent to an activating group) is 1. The van der Waals surface area contributed by atoms with Crippen LogP contribution in [0, 0.1) is 12.7 Å². The average molecular weight is 288 g/mol. The summed E-state index contributed by atoms with van der Waals surface area (Å²) in [6.45, 7) is 2.34. The van der Waals surface area contributed by atoms with E-state index in [1.165, 1.54) is 20.0 Å². The summed E-state index contributed by atoms with van der Waals surface area (Å²) in [4.78, 5) is -0.376. The topological polar surface area (TPSA) is 72.6 Å². The zero-order valence-electron chi connectivity index (χ0n) is 10.9. The highest BCUT2D eigenvalue weighted by Crippen LogP contribution is 2.26. The van der Waals surface area contributed by atoms with Gasteiger partial charge < -0.3 is 10.5 Å². The molecule has 106 valence electrons. The minimum atomic E-state index is -3.90. The SMILES string of the molecule is Cc1cc(N)cc(S(=O)(=O)N(C)C2CCOC2)c1F. The van der Waals surface area contributed by atoms with Crippen LogP contribution in [-0.4, -0.2) is 39.0 Å². The van der Waals surface area contributed by atoms with Gasteiger partial charge in [-0.2, -0.15) is 4.31 Å². The second-order valence-corrected chi connectivity index (χ2v) is 6.65. The second kappa shape index (κ2) is 5.07. The number of hydrogen-bond donors (Lipinski definition) is 1. The number of aryl methyl sites for hydroxylation is 1. The number of sulfonamides is 1. The highest BCUT2D eigenvalue weighted by molar-refractivity contribution is 7.89. The van der Waals surface area contributed by atoms with E-state index in [-0.39, 0.29) is 22.2 Å². The van der Waals surface area contributed by atoms with Gasteiger partial charge in [-0.25, -0.2) is 12.8 Å². The molecule has 1 aromatic carbocycles. The van der Waals surface area contributed by atoms with Gasteiger partial charge in [0.15, 0.2) is 0 Å². The van der Waals surface area contributed by atoms with E-state index >= 15 is 0 Å². The molecule has 1 aromatic rings. The number of anilines is 1. The number of halogens is 1. The highest BCUT2D eigenvalue weighted by atomic mass is 32.2. The largest absolute Gasteiger partial charge is 0.399 e. The van der Waals surface area contributed by atoms with E-state index in [0.29, 0.717) is 19.6 Å². The lowest BCUT2D eigenvalue weighted by atomic mass is 10.2. The van der Waals surface area contributed by atoms with Crippen molar-refractivity contribution in [2.24, 2.45) is 0 Å². The fourth-order valence-corrected chi connectivity index (χ4v) is 3.65. The highest BCUT2D eigenvalue weighted by Gasteiger charge is 2.33. The Kier molecular flexibility index (Phi) is 3.80. The molecule has 0 bridgehead atoms. The molecule has 2 N–H and O–H groups in total. The summed E-state index contributed by atoms with van der Waals surface area (Å²) in [6, 6.07) is 2.31. The lowest BCUT2D eigenvalue weighted by Crippen LogP contribution is -2.37. The first kappa shape index (κ1) is 14.2. The normalized spacial score (nSPS) is 20.1.